The zero-order chi connectivity index (χ0) is 22.4. The first-order valence-electron chi connectivity index (χ1n) is 9.49. The number of sulfonamides is 1. The van der Waals surface area contributed by atoms with Gasteiger partial charge >= 0.3 is 0 Å². The van der Waals surface area contributed by atoms with Gasteiger partial charge in [0.15, 0.2) is 11.5 Å². The van der Waals surface area contributed by atoms with E-state index in [1.54, 1.807) is 49.5 Å². The predicted molar refractivity (Wildman–Crippen MR) is 117 cm³/mol. The number of hydrogen-bond donors (Lipinski definition) is 1. The van der Waals surface area contributed by atoms with E-state index in [0.29, 0.717) is 23.6 Å². The topological polar surface area (TPSA) is 98.9 Å². The van der Waals surface area contributed by atoms with Crippen LogP contribution in [0.1, 0.15) is 21.5 Å². The van der Waals surface area contributed by atoms with Gasteiger partial charge in [0.1, 0.15) is 0 Å². The lowest BCUT2D eigenvalue weighted by Gasteiger charge is -2.24. The van der Waals surface area contributed by atoms with E-state index in [9.17, 15) is 13.2 Å². The lowest BCUT2D eigenvalue weighted by molar-refractivity contribution is 0.0730. The minimum absolute atomic E-state index is 0.0251. The van der Waals surface area contributed by atoms with Crippen LogP contribution < -0.4 is 14.6 Å². The van der Waals surface area contributed by atoms with Crippen molar-refractivity contribution in [3.8, 4) is 11.5 Å². The van der Waals surface area contributed by atoms with Crippen molar-refractivity contribution in [1.82, 2.24) is 4.90 Å². The number of methoxy groups -OCH3 is 2. The molecule has 0 unspecified atom stereocenters. The Morgan fingerprint density at radius 3 is 2.00 bits per heavy atom. The van der Waals surface area contributed by atoms with Gasteiger partial charge in [0, 0.05) is 18.7 Å². The first-order chi connectivity index (χ1) is 14.8. The van der Waals surface area contributed by atoms with Gasteiger partial charge in [-0.15, -0.1) is 0 Å². The maximum atomic E-state index is 13.2. The standard InChI is InChI=1S/C23H24N2O5S/c1-29-21-13-10-18(14-22(21)30-2)16-25(23(26)19-6-4-3-5-7-19)15-17-8-11-20(12-9-17)31(24,27)28/h3-14H,15-16H2,1-2H3,(H2,24,27,28). The van der Waals surface area contributed by atoms with Crippen LogP contribution in [0.25, 0.3) is 0 Å². The summed E-state index contributed by atoms with van der Waals surface area (Å²) in [5.41, 5.74) is 2.20. The number of amides is 1. The van der Waals surface area contributed by atoms with E-state index in [1.165, 1.54) is 12.1 Å². The summed E-state index contributed by atoms with van der Waals surface area (Å²) in [5, 5.41) is 5.17. The summed E-state index contributed by atoms with van der Waals surface area (Å²) in [7, 11) is -0.656. The Morgan fingerprint density at radius 1 is 0.839 bits per heavy atom. The van der Waals surface area contributed by atoms with Gasteiger partial charge in [-0.2, -0.15) is 0 Å². The number of benzene rings is 3. The van der Waals surface area contributed by atoms with E-state index in [0.717, 1.165) is 11.1 Å². The number of rotatable bonds is 8. The number of nitrogens with zero attached hydrogens (tertiary/aromatic N) is 1. The fraction of sp³-hybridized carbons (Fsp3) is 0.174. The second-order valence-corrected chi connectivity index (χ2v) is 8.47. The van der Waals surface area contributed by atoms with Crippen LogP contribution in [-0.2, 0) is 23.1 Å². The molecule has 0 aliphatic heterocycles. The molecule has 7 nitrogen and oxygen atoms in total. The first kappa shape index (κ1) is 22.3. The van der Waals surface area contributed by atoms with Crippen molar-refractivity contribution in [1.29, 1.82) is 0 Å². The van der Waals surface area contributed by atoms with Crippen molar-refractivity contribution in [2.45, 2.75) is 18.0 Å². The maximum Gasteiger partial charge on any atom is 0.254 e. The summed E-state index contributed by atoms with van der Waals surface area (Å²) in [6.45, 7) is 0.609. The Bertz CT molecular complexity index is 1150. The molecule has 3 aromatic rings. The highest BCUT2D eigenvalue weighted by molar-refractivity contribution is 7.89. The van der Waals surface area contributed by atoms with Crippen LogP contribution in [0, 0.1) is 0 Å². The van der Waals surface area contributed by atoms with Gasteiger partial charge in [-0.25, -0.2) is 13.6 Å². The quantitative estimate of drug-likeness (QED) is 0.580. The molecule has 31 heavy (non-hydrogen) atoms. The molecule has 0 saturated carbocycles. The summed E-state index contributed by atoms with van der Waals surface area (Å²) in [6.07, 6.45) is 0. The lowest BCUT2D eigenvalue weighted by Crippen LogP contribution is -2.30. The average Bonchev–Trinajstić information content (AvgIpc) is 2.78. The van der Waals surface area contributed by atoms with E-state index < -0.39 is 10.0 Å². The summed E-state index contributed by atoms with van der Waals surface area (Å²) >= 11 is 0. The average molecular weight is 441 g/mol. The van der Waals surface area contributed by atoms with Crippen LogP contribution in [0.3, 0.4) is 0 Å². The summed E-state index contributed by atoms with van der Waals surface area (Å²) in [6, 6.07) is 20.7. The van der Waals surface area contributed by atoms with Crippen LogP contribution in [0.15, 0.2) is 77.7 Å². The molecule has 0 aromatic heterocycles. The van der Waals surface area contributed by atoms with Gasteiger partial charge in [-0.3, -0.25) is 4.79 Å². The second-order valence-electron chi connectivity index (χ2n) is 6.91. The molecule has 0 aliphatic rings. The molecule has 0 atom stereocenters. The van der Waals surface area contributed by atoms with Crippen LogP contribution in [0.5, 0.6) is 11.5 Å². The fourth-order valence-electron chi connectivity index (χ4n) is 3.17. The van der Waals surface area contributed by atoms with Crippen LogP contribution >= 0.6 is 0 Å². The summed E-state index contributed by atoms with van der Waals surface area (Å²) in [4.78, 5) is 14.9. The van der Waals surface area contributed by atoms with Crippen molar-refractivity contribution in [2.75, 3.05) is 14.2 Å². The fourth-order valence-corrected chi connectivity index (χ4v) is 3.68. The van der Waals surface area contributed by atoms with Gasteiger partial charge in [-0.05, 0) is 47.5 Å². The van der Waals surface area contributed by atoms with Crippen molar-refractivity contribution in [3.05, 3.63) is 89.5 Å². The Labute approximate surface area is 182 Å². The number of primary sulfonamides is 1. The third-order valence-corrected chi connectivity index (χ3v) is 5.68. The molecule has 3 rings (SSSR count). The van der Waals surface area contributed by atoms with E-state index in [2.05, 4.69) is 0 Å². The molecule has 0 aliphatic carbocycles. The minimum Gasteiger partial charge on any atom is -0.493 e. The van der Waals surface area contributed by atoms with Crippen LogP contribution in [0.4, 0.5) is 0 Å². The first-order valence-corrected chi connectivity index (χ1v) is 11.0. The molecule has 0 heterocycles. The second kappa shape index (κ2) is 9.63. The highest BCUT2D eigenvalue weighted by Crippen LogP contribution is 2.28. The van der Waals surface area contributed by atoms with Gasteiger partial charge in [0.2, 0.25) is 10.0 Å². The van der Waals surface area contributed by atoms with Gasteiger partial charge in [0.05, 0.1) is 19.1 Å². The molecular formula is C23H24N2O5S. The number of nitrogens with two attached hydrogens (primary N) is 1. The molecule has 8 heteroatoms. The number of hydrogen-bond acceptors (Lipinski definition) is 5. The Kier molecular flexibility index (Phi) is 6.94. The Morgan fingerprint density at radius 2 is 1.42 bits per heavy atom. The molecule has 162 valence electrons. The van der Waals surface area contributed by atoms with Gasteiger partial charge < -0.3 is 14.4 Å². The molecule has 1 amide bonds. The monoisotopic (exact) mass is 440 g/mol. The van der Waals surface area contributed by atoms with E-state index >= 15 is 0 Å². The highest BCUT2D eigenvalue weighted by atomic mass is 32.2. The third-order valence-electron chi connectivity index (χ3n) is 4.75. The molecule has 0 fully saturated rings. The molecule has 0 radical (unpaired) electrons. The molecular weight excluding hydrogens is 416 g/mol. The van der Waals surface area contributed by atoms with Crippen molar-refractivity contribution >= 4 is 15.9 Å². The largest absolute Gasteiger partial charge is 0.493 e. The summed E-state index contributed by atoms with van der Waals surface area (Å²) in [5.74, 6) is 1.03. The molecule has 0 bridgehead atoms. The predicted octanol–water partition coefficient (Wildman–Crippen LogP) is 3.19. The minimum atomic E-state index is -3.78. The summed E-state index contributed by atoms with van der Waals surface area (Å²) < 4.78 is 33.7. The molecule has 3 aromatic carbocycles. The number of carbonyl (C=O) groups is 1. The Hall–Kier alpha value is -3.36. The van der Waals surface area contributed by atoms with E-state index in [4.69, 9.17) is 14.6 Å². The molecule has 0 saturated heterocycles. The lowest BCUT2D eigenvalue weighted by atomic mass is 10.1. The van der Waals surface area contributed by atoms with E-state index in [1.807, 2.05) is 30.3 Å². The van der Waals surface area contributed by atoms with Crippen molar-refractivity contribution < 1.29 is 22.7 Å². The normalized spacial score (nSPS) is 11.1. The van der Waals surface area contributed by atoms with Crippen molar-refractivity contribution in [2.24, 2.45) is 5.14 Å². The third kappa shape index (κ3) is 5.62. The zero-order valence-corrected chi connectivity index (χ0v) is 18.1. The van der Waals surface area contributed by atoms with Crippen LogP contribution in [0.2, 0.25) is 0 Å². The van der Waals surface area contributed by atoms with Crippen LogP contribution in [-0.4, -0.2) is 33.4 Å². The number of ether oxygens (including phenoxy) is 2. The van der Waals surface area contributed by atoms with Crippen molar-refractivity contribution in [3.63, 3.8) is 0 Å². The smallest absolute Gasteiger partial charge is 0.254 e. The maximum absolute atomic E-state index is 13.2. The van der Waals surface area contributed by atoms with Gasteiger partial charge in [-0.1, -0.05) is 36.4 Å². The zero-order valence-electron chi connectivity index (χ0n) is 17.3. The van der Waals surface area contributed by atoms with Gasteiger partial charge in [0.25, 0.3) is 5.91 Å². The Balaban J connectivity index is 1.91. The highest BCUT2D eigenvalue weighted by Gasteiger charge is 2.18. The SMILES string of the molecule is COc1ccc(CN(Cc2ccc(S(N)(=O)=O)cc2)C(=O)c2ccccc2)cc1OC. The van der Waals surface area contributed by atoms with E-state index in [-0.39, 0.29) is 17.3 Å². The molecule has 2 N–H and O–H groups in total. The number of carbonyl (C=O) groups excluding carboxylic acids is 1. The molecule has 0 spiro atoms.